The predicted octanol–water partition coefficient (Wildman–Crippen LogP) is 5.08. The zero-order chi connectivity index (χ0) is 14.6. The average molecular weight is 336 g/mol. The minimum absolute atomic E-state index is 0.277. The monoisotopic (exact) mass is 335 g/mol. The summed E-state index contributed by atoms with van der Waals surface area (Å²) in [6.07, 6.45) is -3.06. The Morgan fingerprint density at radius 1 is 1.42 bits per heavy atom. The van der Waals surface area contributed by atoms with Crippen LogP contribution in [0.25, 0.3) is 0 Å². The minimum Gasteiger partial charge on any atom is -0.313 e. The van der Waals surface area contributed by atoms with E-state index >= 15 is 0 Å². The Labute approximate surface area is 120 Å². The third-order valence-electron chi connectivity index (χ3n) is 2.90. The fourth-order valence-corrected chi connectivity index (χ4v) is 2.29. The van der Waals surface area contributed by atoms with Gasteiger partial charge < -0.3 is 5.32 Å². The number of benzene rings is 1. The van der Waals surface area contributed by atoms with Crippen LogP contribution in [0.1, 0.15) is 36.9 Å². The molecule has 0 spiro atoms. The normalized spacial score (nSPS) is 13.4. The van der Waals surface area contributed by atoms with Crippen LogP contribution in [0.15, 0.2) is 34.8 Å². The average Bonchev–Trinajstić information content (AvgIpc) is 2.29. The highest BCUT2D eigenvalue weighted by Gasteiger charge is 2.35. The summed E-state index contributed by atoms with van der Waals surface area (Å²) < 4.78 is 39.6. The predicted molar refractivity (Wildman–Crippen MR) is 75.0 cm³/mol. The molecule has 0 aliphatic rings. The molecule has 0 aromatic heterocycles. The fraction of sp³-hybridized carbons (Fsp3) is 0.429. The van der Waals surface area contributed by atoms with Crippen LogP contribution < -0.4 is 5.32 Å². The van der Waals surface area contributed by atoms with E-state index in [2.05, 4.69) is 27.8 Å². The molecule has 0 radical (unpaired) electrons. The molecule has 1 aromatic carbocycles. The summed E-state index contributed by atoms with van der Waals surface area (Å²) in [6.45, 7) is 5.66. The molecule has 1 nitrogen and oxygen atoms in total. The maximum absolute atomic E-state index is 13.1. The molecule has 1 rings (SSSR count). The lowest BCUT2D eigenvalue weighted by molar-refractivity contribution is -0.138. The van der Waals surface area contributed by atoms with Gasteiger partial charge in [0.25, 0.3) is 0 Å². The molecule has 0 amide bonds. The van der Waals surface area contributed by atoms with Crippen molar-refractivity contribution in [2.24, 2.45) is 0 Å². The van der Waals surface area contributed by atoms with Gasteiger partial charge in [-0.3, -0.25) is 0 Å². The molecular weight excluding hydrogens is 319 g/mol. The first-order chi connectivity index (χ1) is 8.75. The second-order valence-electron chi connectivity index (χ2n) is 4.57. The van der Waals surface area contributed by atoms with Crippen molar-refractivity contribution in [2.45, 2.75) is 32.0 Å². The fourth-order valence-electron chi connectivity index (χ4n) is 1.92. The number of alkyl halides is 3. The van der Waals surface area contributed by atoms with E-state index < -0.39 is 11.7 Å². The summed E-state index contributed by atoms with van der Waals surface area (Å²) >= 11 is 3.09. The zero-order valence-electron chi connectivity index (χ0n) is 10.9. The van der Waals surface area contributed by atoms with Gasteiger partial charge in [0.1, 0.15) is 0 Å². The SMILES string of the molecule is C=C(C)CCC(NC)c1ccc(Br)cc1C(F)(F)F. The second kappa shape index (κ2) is 6.57. The first-order valence-corrected chi connectivity index (χ1v) is 6.73. The third-order valence-corrected chi connectivity index (χ3v) is 3.40. The van der Waals surface area contributed by atoms with E-state index in [1.165, 1.54) is 6.07 Å². The molecule has 0 bridgehead atoms. The summed E-state index contributed by atoms with van der Waals surface area (Å²) in [6, 6.07) is 3.95. The van der Waals surface area contributed by atoms with Gasteiger partial charge in [-0.05, 0) is 44.5 Å². The van der Waals surface area contributed by atoms with Gasteiger partial charge in [0.2, 0.25) is 0 Å². The van der Waals surface area contributed by atoms with E-state index in [4.69, 9.17) is 0 Å². The van der Waals surface area contributed by atoms with Crippen molar-refractivity contribution in [3.05, 3.63) is 46.0 Å². The zero-order valence-corrected chi connectivity index (χ0v) is 12.5. The smallest absolute Gasteiger partial charge is 0.313 e. The van der Waals surface area contributed by atoms with E-state index in [1.807, 2.05) is 6.92 Å². The maximum Gasteiger partial charge on any atom is 0.416 e. The Balaban J connectivity index is 3.12. The van der Waals surface area contributed by atoms with Gasteiger partial charge in [0.05, 0.1) is 5.56 Å². The van der Waals surface area contributed by atoms with Crippen LogP contribution in [0.4, 0.5) is 13.2 Å². The Hall–Kier alpha value is -0.810. The lowest BCUT2D eigenvalue weighted by atomic mass is 9.95. The van der Waals surface area contributed by atoms with Gasteiger partial charge in [-0.2, -0.15) is 13.2 Å². The molecule has 0 heterocycles. The van der Waals surface area contributed by atoms with E-state index in [1.54, 1.807) is 13.1 Å². The van der Waals surface area contributed by atoms with Crippen LogP contribution in [-0.4, -0.2) is 7.05 Å². The van der Waals surface area contributed by atoms with Gasteiger partial charge in [-0.15, -0.1) is 6.58 Å². The minimum atomic E-state index is -4.35. The van der Waals surface area contributed by atoms with Crippen LogP contribution in [0, 0.1) is 0 Å². The third kappa shape index (κ3) is 4.66. The molecular formula is C14H17BrF3N. The summed E-state index contributed by atoms with van der Waals surface area (Å²) in [5, 5.41) is 2.95. The standard InChI is InChI=1S/C14H17BrF3N/c1-9(2)4-7-13(19-3)11-6-5-10(15)8-12(11)14(16,17)18/h5-6,8,13,19H,1,4,7H2,2-3H3. The van der Waals surface area contributed by atoms with Gasteiger partial charge in [-0.1, -0.05) is 27.6 Å². The number of allylic oxidation sites excluding steroid dienone is 1. The molecule has 0 saturated carbocycles. The van der Waals surface area contributed by atoms with Crippen LogP contribution in [-0.2, 0) is 6.18 Å². The van der Waals surface area contributed by atoms with Gasteiger partial charge in [0.15, 0.2) is 0 Å². The van der Waals surface area contributed by atoms with Crippen LogP contribution in [0.5, 0.6) is 0 Å². The molecule has 5 heteroatoms. The lowest BCUT2D eigenvalue weighted by Gasteiger charge is -2.21. The van der Waals surface area contributed by atoms with Crippen molar-refractivity contribution >= 4 is 15.9 Å². The molecule has 0 aliphatic heterocycles. The Kier molecular flexibility index (Phi) is 5.62. The molecule has 106 valence electrons. The quantitative estimate of drug-likeness (QED) is 0.739. The molecule has 0 fully saturated rings. The number of hydrogen-bond donors (Lipinski definition) is 1. The van der Waals surface area contributed by atoms with Gasteiger partial charge in [0, 0.05) is 10.5 Å². The number of nitrogens with one attached hydrogen (secondary N) is 1. The molecule has 0 saturated heterocycles. The van der Waals surface area contributed by atoms with Gasteiger partial charge in [-0.25, -0.2) is 0 Å². The van der Waals surface area contributed by atoms with E-state index in [-0.39, 0.29) is 11.6 Å². The lowest BCUT2D eigenvalue weighted by Crippen LogP contribution is -2.21. The van der Waals surface area contributed by atoms with E-state index in [0.29, 0.717) is 17.3 Å². The summed E-state index contributed by atoms with van der Waals surface area (Å²) in [7, 11) is 1.67. The number of halogens is 4. The summed E-state index contributed by atoms with van der Waals surface area (Å²) in [4.78, 5) is 0. The highest BCUT2D eigenvalue weighted by Crippen LogP contribution is 2.37. The number of rotatable bonds is 5. The van der Waals surface area contributed by atoms with Crippen molar-refractivity contribution in [1.82, 2.24) is 5.32 Å². The molecule has 1 aromatic rings. The van der Waals surface area contributed by atoms with Crippen LogP contribution in [0.3, 0.4) is 0 Å². The van der Waals surface area contributed by atoms with Crippen LogP contribution >= 0.6 is 15.9 Å². The first-order valence-electron chi connectivity index (χ1n) is 5.94. The molecule has 1 atom stereocenters. The Morgan fingerprint density at radius 2 is 2.05 bits per heavy atom. The molecule has 0 aliphatic carbocycles. The highest BCUT2D eigenvalue weighted by atomic mass is 79.9. The number of hydrogen-bond acceptors (Lipinski definition) is 1. The molecule has 1 unspecified atom stereocenters. The first kappa shape index (κ1) is 16.2. The maximum atomic E-state index is 13.1. The van der Waals surface area contributed by atoms with E-state index in [0.717, 1.165) is 11.6 Å². The summed E-state index contributed by atoms with van der Waals surface area (Å²) in [5.41, 5.74) is 0.647. The van der Waals surface area contributed by atoms with Crippen molar-refractivity contribution in [3.8, 4) is 0 Å². The highest BCUT2D eigenvalue weighted by molar-refractivity contribution is 9.10. The second-order valence-corrected chi connectivity index (χ2v) is 5.48. The molecule has 1 N–H and O–H groups in total. The van der Waals surface area contributed by atoms with Crippen molar-refractivity contribution in [1.29, 1.82) is 0 Å². The summed E-state index contributed by atoms with van der Waals surface area (Å²) in [5.74, 6) is 0. The topological polar surface area (TPSA) is 12.0 Å². The van der Waals surface area contributed by atoms with Crippen LogP contribution in [0.2, 0.25) is 0 Å². The largest absolute Gasteiger partial charge is 0.416 e. The van der Waals surface area contributed by atoms with Gasteiger partial charge >= 0.3 is 6.18 Å². The van der Waals surface area contributed by atoms with E-state index in [9.17, 15) is 13.2 Å². The Bertz CT molecular complexity index is 454. The van der Waals surface area contributed by atoms with Crippen molar-refractivity contribution in [2.75, 3.05) is 7.05 Å². The van der Waals surface area contributed by atoms with Crippen molar-refractivity contribution in [3.63, 3.8) is 0 Å². The molecule has 19 heavy (non-hydrogen) atoms. The van der Waals surface area contributed by atoms with Crippen molar-refractivity contribution < 1.29 is 13.2 Å². The Morgan fingerprint density at radius 3 is 2.53 bits per heavy atom.